The van der Waals surface area contributed by atoms with Gasteiger partial charge in [0.2, 0.25) is 0 Å². The van der Waals surface area contributed by atoms with Crippen LogP contribution in [0.25, 0.3) is 0 Å². The van der Waals surface area contributed by atoms with Crippen LogP contribution in [0.1, 0.15) is 22.5 Å². The lowest BCUT2D eigenvalue weighted by molar-refractivity contribution is -0.133. The molecule has 0 amide bonds. The molecular weight excluding hydrogens is 274 g/mol. The minimum Gasteiger partial charge on any atom is -0.481 e. The summed E-state index contributed by atoms with van der Waals surface area (Å²) in [4.78, 5) is 10.6. The molecule has 2 aromatic rings. The molecule has 2 rings (SSSR count). The molecule has 6 heteroatoms. The number of carboxylic acid groups (broad SMARTS) is 1. The summed E-state index contributed by atoms with van der Waals surface area (Å²) >= 11 is 1.18. The normalized spacial score (nSPS) is 10.8. The van der Waals surface area contributed by atoms with Crippen molar-refractivity contribution in [3.8, 4) is 0 Å². The van der Waals surface area contributed by atoms with Gasteiger partial charge in [-0.1, -0.05) is 35.5 Å². The van der Waals surface area contributed by atoms with Crippen molar-refractivity contribution in [2.75, 3.05) is 5.75 Å². The molecule has 0 unspecified atom stereocenters. The molecule has 0 bridgehead atoms. The molecule has 0 fully saturated rings. The summed E-state index contributed by atoms with van der Waals surface area (Å²) in [6.07, 6.45) is 0.699. The second-order valence-electron chi connectivity index (χ2n) is 4.75. The van der Waals surface area contributed by atoms with E-state index in [-0.39, 0.29) is 5.75 Å². The van der Waals surface area contributed by atoms with Gasteiger partial charge < -0.3 is 9.67 Å². The fourth-order valence-corrected chi connectivity index (χ4v) is 2.56. The molecule has 0 saturated heterocycles. The molecule has 5 nitrogen and oxygen atoms in total. The van der Waals surface area contributed by atoms with Crippen molar-refractivity contribution in [2.24, 2.45) is 7.05 Å². The van der Waals surface area contributed by atoms with Crippen LogP contribution in [0.5, 0.6) is 0 Å². The van der Waals surface area contributed by atoms with E-state index in [4.69, 9.17) is 5.11 Å². The zero-order chi connectivity index (χ0) is 14.7. The molecule has 1 aromatic heterocycles. The van der Waals surface area contributed by atoms with Crippen molar-refractivity contribution in [1.82, 2.24) is 14.8 Å². The van der Waals surface area contributed by atoms with Crippen molar-refractivity contribution < 1.29 is 9.90 Å². The maximum Gasteiger partial charge on any atom is 0.313 e. The average molecular weight is 291 g/mol. The van der Waals surface area contributed by atoms with E-state index in [1.165, 1.54) is 28.5 Å². The molecule has 0 saturated carbocycles. The van der Waals surface area contributed by atoms with Crippen LogP contribution in [0, 0.1) is 13.8 Å². The fraction of sp³-hybridized carbons (Fsp3) is 0.357. The highest BCUT2D eigenvalue weighted by molar-refractivity contribution is 7.99. The molecule has 1 N–H and O–H groups in total. The number of aliphatic carboxylic acids is 1. The van der Waals surface area contributed by atoms with Gasteiger partial charge in [0.25, 0.3) is 0 Å². The number of benzene rings is 1. The summed E-state index contributed by atoms with van der Waals surface area (Å²) < 4.78 is 1.86. The first-order chi connectivity index (χ1) is 9.47. The van der Waals surface area contributed by atoms with Gasteiger partial charge in [0.05, 0.1) is 5.75 Å². The summed E-state index contributed by atoms with van der Waals surface area (Å²) in [7, 11) is 1.87. The molecule has 0 aliphatic heterocycles. The SMILES string of the molecule is Cc1ccc(C)c(Cc2nnc(SCC(=O)O)n2C)c1. The van der Waals surface area contributed by atoms with Crippen LogP contribution in [-0.4, -0.2) is 31.6 Å². The highest BCUT2D eigenvalue weighted by Crippen LogP contribution is 2.19. The van der Waals surface area contributed by atoms with Crippen LogP contribution in [-0.2, 0) is 18.3 Å². The molecule has 20 heavy (non-hydrogen) atoms. The van der Waals surface area contributed by atoms with Crippen molar-refractivity contribution >= 4 is 17.7 Å². The van der Waals surface area contributed by atoms with E-state index >= 15 is 0 Å². The maximum absolute atomic E-state index is 10.6. The Kier molecular flexibility index (Phi) is 4.44. The largest absolute Gasteiger partial charge is 0.481 e. The van der Waals surface area contributed by atoms with Crippen LogP contribution in [0.15, 0.2) is 23.4 Å². The maximum atomic E-state index is 10.6. The molecule has 1 aromatic carbocycles. The van der Waals surface area contributed by atoms with Gasteiger partial charge in [-0.25, -0.2) is 0 Å². The van der Waals surface area contributed by atoms with Gasteiger partial charge in [0.1, 0.15) is 5.82 Å². The van der Waals surface area contributed by atoms with Crippen molar-refractivity contribution in [3.05, 3.63) is 40.7 Å². The van der Waals surface area contributed by atoms with E-state index in [9.17, 15) is 4.79 Å². The van der Waals surface area contributed by atoms with Gasteiger partial charge in [0, 0.05) is 13.5 Å². The summed E-state index contributed by atoms with van der Waals surface area (Å²) in [5.41, 5.74) is 3.65. The molecular formula is C14H17N3O2S. The topological polar surface area (TPSA) is 68.0 Å². The van der Waals surface area contributed by atoms with Crippen LogP contribution in [0.3, 0.4) is 0 Å². The Balaban J connectivity index is 2.18. The number of carbonyl (C=O) groups is 1. The Morgan fingerprint density at radius 2 is 2.10 bits per heavy atom. The Labute approximate surface area is 122 Å². The fourth-order valence-electron chi connectivity index (χ4n) is 1.91. The summed E-state index contributed by atoms with van der Waals surface area (Å²) in [6.45, 7) is 4.14. The van der Waals surface area contributed by atoms with E-state index in [0.29, 0.717) is 11.6 Å². The Hall–Kier alpha value is -1.82. The zero-order valence-electron chi connectivity index (χ0n) is 11.8. The Bertz CT molecular complexity index is 637. The van der Waals surface area contributed by atoms with Crippen molar-refractivity contribution in [1.29, 1.82) is 0 Å². The number of hydrogen-bond acceptors (Lipinski definition) is 4. The van der Waals surface area contributed by atoms with Gasteiger partial charge in [-0.15, -0.1) is 10.2 Å². The summed E-state index contributed by atoms with van der Waals surface area (Å²) in [6, 6.07) is 6.33. The lowest BCUT2D eigenvalue weighted by Gasteiger charge is -2.07. The third-order valence-electron chi connectivity index (χ3n) is 3.10. The first kappa shape index (κ1) is 14.6. The van der Waals surface area contributed by atoms with Gasteiger partial charge in [-0.05, 0) is 25.0 Å². The van der Waals surface area contributed by atoms with E-state index < -0.39 is 5.97 Å². The number of hydrogen-bond donors (Lipinski definition) is 1. The lowest BCUT2D eigenvalue weighted by atomic mass is 10.0. The second kappa shape index (κ2) is 6.09. The van der Waals surface area contributed by atoms with Gasteiger partial charge in [-0.3, -0.25) is 4.79 Å². The highest BCUT2D eigenvalue weighted by atomic mass is 32.2. The van der Waals surface area contributed by atoms with E-state index in [1.54, 1.807) is 0 Å². The van der Waals surface area contributed by atoms with Crippen LogP contribution in [0.4, 0.5) is 0 Å². The minimum atomic E-state index is -0.853. The smallest absolute Gasteiger partial charge is 0.313 e. The van der Waals surface area contributed by atoms with Crippen molar-refractivity contribution in [2.45, 2.75) is 25.4 Å². The molecule has 0 radical (unpaired) electrons. The van der Waals surface area contributed by atoms with E-state index in [2.05, 4.69) is 42.2 Å². The molecule has 0 aliphatic carbocycles. The van der Waals surface area contributed by atoms with Crippen LogP contribution in [0.2, 0.25) is 0 Å². The lowest BCUT2D eigenvalue weighted by Crippen LogP contribution is -2.03. The first-order valence-corrected chi connectivity index (χ1v) is 7.25. The van der Waals surface area contributed by atoms with Gasteiger partial charge in [0.15, 0.2) is 5.16 Å². The van der Waals surface area contributed by atoms with Gasteiger partial charge >= 0.3 is 5.97 Å². The van der Waals surface area contributed by atoms with Crippen molar-refractivity contribution in [3.63, 3.8) is 0 Å². The number of nitrogens with zero attached hydrogens (tertiary/aromatic N) is 3. The monoisotopic (exact) mass is 291 g/mol. The van der Waals surface area contributed by atoms with E-state index in [1.807, 2.05) is 11.6 Å². The zero-order valence-corrected chi connectivity index (χ0v) is 12.6. The summed E-state index contributed by atoms with van der Waals surface area (Å²) in [5, 5.41) is 17.5. The number of aromatic nitrogens is 3. The molecule has 0 aliphatic rings. The minimum absolute atomic E-state index is 0.00452. The third kappa shape index (κ3) is 3.39. The quantitative estimate of drug-likeness (QED) is 0.855. The third-order valence-corrected chi connectivity index (χ3v) is 4.11. The standard InChI is InChI=1S/C14H17N3O2S/c1-9-4-5-10(2)11(6-9)7-12-15-16-14(17(12)3)20-8-13(18)19/h4-6H,7-8H2,1-3H3,(H,18,19). The number of thioether (sulfide) groups is 1. The second-order valence-corrected chi connectivity index (χ2v) is 5.69. The predicted octanol–water partition coefficient (Wildman–Crippen LogP) is 2.20. The molecule has 106 valence electrons. The number of rotatable bonds is 5. The molecule has 0 atom stereocenters. The Morgan fingerprint density at radius 3 is 2.80 bits per heavy atom. The Morgan fingerprint density at radius 1 is 1.35 bits per heavy atom. The highest BCUT2D eigenvalue weighted by Gasteiger charge is 2.12. The van der Waals surface area contributed by atoms with E-state index in [0.717, 1.165) is 5.82 Å². The van der Waals surface area contributed by atoms with Gasteiger partial charge in [-0.2, -0.15) is 0 Å². The predicted molar refractivity (Wildman–Crippen MR) is 78.1 cm³/mol. The number of carboxylic acids is 1. The molecule has 1 heterocycles. The van der Waals surface area contributed by atoms with Crippen LogP contribution < -0.4 is 0 Å². The van der Waals surface area contributed by atoms with Crippen LogP contribution >= 0.6 is 11.8 Å². The first-order valence-electron chi connectivity index (χ1n) is 6.26. The number of aryl methyl sites for hydroxylation is 2. The summed E-state index contributed by atoms with van der Waals surface area (Å²) in [5.74, 6) is -0.0178. The molecule has 0 spiro atoms. The average Bonchev–Trinajstić information content (AvgIpc) is 2.73.